The van der Waals surface area contributed by atoms with Crippen molar-refractivity contribution in [1.82, 2.24) is 5.43 Å². The second kappa shape index (κ2) is 5.19. The average molecular weight is 186 g/mol. The third-order valence-corrected chi connectivity index (χ3v) is 2.75. The highest BCUT2D eigenvalue weighted by Gasteiger charge is 2.20. The smallest absolute Gasteiger partial charge is 0.242 e. The number of quaternary nitrogens is 1. The summed E-state index contributed by atoms with van der Waals surface area (Å²) in [6.07, 6.45) is 3.94. The summed E-state index contributed by atoms with van der Waals surface area (Å²) in [5, 5.41) is 0. The first-order valence-corrected chi connectivity index (χ1v) is 5.08. The average Bonchev–Trinajstić information content (AvgIpc) is 2.18. The van der Waals surface area contributed by atoms with Crippen LogP contribution in [0.1, 0.15) is 26.2 Å². The van der Waals surface area contributed by atoms with Gasteiger partial charge in [-0.15, -0.1) is 0 Å². The van der Waals surface area contributed by atoms with Crippen LogP contribution in [-0.2, 0) is 4.79 Å². The maximum atomic E-state index is 11.1. The molecule has 0 radical (unpaired) electrons. The molecule has 1 atom stereocenters. The molecule has 1 amide bonds. The molecule has 1 fully saturated rings. The zero-order valence-electron chi connectivity index (χ0n) is 8.31. The van der Waals surface area contributed by atoms with Crippen LogP contribution in [-0.4, -0.2) is 25.5 Å². The lowest BCUT2D eigenvalue weighted by Gasteiger charge is -2.25. The molecule has 0 saturated carbocycles. The first kappa shape index (κ1) is 10.5. The zero-order chi connectivity index (χ0) is 9.68. The van der Waals surface area contributed by atoms with Crippen LogP contribution in [0.25, 0.3) is 0 Å². The highest BCUT2D eigenvalue weighted by Crippen LogP contribution is 1.96. The maximum absolute atomic E-state index is 11.1. The lowest BCUT2D eigenvalue weighted by Crippen LogP contribution is -3.13. The van der Waals surface area contributed by atoms with Gasteiger partial charge in [0.15, 0.2) is 0 Å². The number of likely N-dealkylation sites (tertiary alicyclic amines) is 1. The van der Waals surface area contributed by atoms with Gasteiger partial charge >= 0.3 is 0 Å². The van der Waals surface area contributed by atoms with E-state index in [-0.39, 0.29) is 11.8 Å². The molecule has 0 aromatic rings. The predicted molar refractivity (Wildman–Crippen MR) is 50.9 cm³/mol. The highest BCUT2D eigenvalue weighted by atomic mass is 16.2. The predicted octanol–water partition coefficient (Wildman–Crippen LogP) is -1.32. The quantitative estimate of drug-likeness (QED) is 0.291. The molecular weight excluding hydrogens is 166 g/mol. The Bertz CT molecular complexity index is 166. The first-order chi connectivity index (χ1) is 6.24. The number of hydrogen-bond donors (Lipinski definition) is 3. The van der Waals surface area contributed by atoms with E-state index in [9.17, 15) is 4.79 Å². The fraction of sp³-hybridized carbons (Fsp3) is 0.889. The van der Waals surface area contributed by atoms with Gasteiger partial charge in [0.25, 0.3) is 0 Å². The standard InChI is InChI=1S/C9H19N3O/c1-8(9(13)11-10)7-12-5-3-2-4-6-12/h8H,2-7,10H2,1H3,(H,11,13)/p+1. The fourth-order valence-corrected chi connectivity index (χ4v) is 1.92. The summed E-state index contributed by atoms with van der Waals surface area (Å²) in [7, 11) is 0. The molecule has 0 aliphatic carbocycles. The molecule has 1 aliphatic rings. The number of hydrazine groups is 1. The van der Waals surface area contributed by atoms with E-state index < -0.39 is 0 Å². The molecule has 1 unspecified atom stereocenters. The SMILES string of the molecule is CC(C[NH+]1CCCCC1)C(=O)NN. The topological polar surface area (TPSA) is 59.6 Å². The third kappa shape index (κ3) is 3.32. The molecule has 76 valence electrons. The van der Waals surface area contributed by atoms with Gasteiger partial charge in [-0.2, -0.15) is 0 Å². The van der Waals surface area contributed by atoms with Gasteiger partial charge in [-0.1, -0.05) is 0 Å². The van der Waals surface area contributed by atoms with Crippen molar-refractivity contribution in [2.45, 2.75) is 26.2 Å². The van der Waals surface area contributed by atoms with Gasteiger partial charge in [0.2, 0.25) is 5.91 Å². The second-order valence-electron chi connectivity index (χ2n) is 3.92. The van der Waals surface area contributed by atoms with Gasteiger partial charge in [0.1, 0.15) is 0 Å². The molecule has 0 spiro atoms. The Labute approximate surface area is 79.4 Å². The van der Waals surface area contributed by atoms with Crippen LogP contribution in [0.15, 0.2) is 0 Å². The van der Waals surface area contributed by atoms with Crippen molar-refractivity contribution in [3.05, 3.63) is 0 Å². The molecule has 1 heterocycles. The molecule has 4 nitrogen and oxygen atoms in total. The van der Waals surface area contributed by atoms with Crippen molar-refractivity contribution in [2.75, 3.05) is 19.6 Å². The molecular formula is C9H20N3O+. The number of amides is 1. The Hall–Kier alpha value is -0.610. The Morgan fingerprint density at radius 2 is 2.08 bits per heavy atom. The monoisotopic (exact) mass is 186 g/mol. The number of carbonyl (C=O) groups excluding carboxylic acids is 1. The Balaban J connectivity index is 2.25. The number of nitrogens with one attached hydrogen (secondary N) is 2. The number of piperidine rings is 1. The normalized spacial score (nSPS) is 21.1. The van der Waals surface area contributed by atoms with Crippen molar-refractivity contribution < 1.29 is 9.69 Å². The molecule has 0 aromatic carbocycles. The van der Waals surface area contributed by atoms with E-state index >= 15 is 0 Å². The summed E-state index contributed by atoms with van der Waals surface area (Å²) in [6.45, 7) is 5.28. The summed E-state index contributed by atoms with van der Waals surface area (Å²) in [4.78, 5) is 12.7. The Morgan fingerprint density at radius 3 is 2.62 bits per heavy atom. The number of carbonyl (C=O) groups is 1. The zero-order valence-corrected chi connectivity index (χ0v) is 8.31. The van der Waals surface area contributed by atoms with Gasteiger partial charge in [-0.05, 0) is 26.2 Å². The molecule has 4 heteroatoms. The lowest BCUT2D eigenvalue weighted by atomic mass is 10.1. The molecule has 1 aliphatic heterocycles. The summed E-state index contributed by atoms with van der Waals surface area (Å²) < 4.78 is 0. The van der Waals surface area contributed by atoms with Crippen LogP contribution in [0.4, 0.5) is 0 Å². The summed E-state index contributed by atoms with van der Waals surface area (Å²) in [5.41, 5.74) is 2.20. The van der Waals surface area contributed by atoms with Gasteiger partial charge in [0, 0.05) is 0 Å². The van der Waals surface area contributed by atoms with Gasteiger partial charge < -0.3 is 4.90 Å². The molecule has 0 bridgehead atoms. The van der Waals surface area contributed by atoms with E-state index in [2.05, 4.69) is 5.43 Å². The summed E-state index contributed by atoms with van der Waals surface area (Å²) in [5.74, 6) is 5.07. The van der Waals surface area contributed by atoms with Gasteiger partial charge in [0.05, 0.1) is 25.6 Å². The molecule has 0 aromatic heterocycles. The molecule has 4 N–H and O–H groups in total. The third-order valence-electron chi connectivity index (χ3n) is 2.75. The Kier molecular flexibility index (Phi) is 4.18. The van der Waals surface area contributed by atoms with Crippen molar-refractivity contribution in [2.24, 2.45) is 11.8 Å². The molecule has 1 saturated heterocycles. The number of nitrogens with two attached hydrogens (primary N) is 1. The van der Waals surface area contributed by atoms with Crippen LogP contribution in [0.5, 0.6) is 0 Å². The number of rotatable bonds is 3. The Morgan fingerprint density at radius 1 is 1.46 bits per heavy atom. The van der Waals surface area contributed by atoms with E-state index in [4.69, 9.17) is 5.84 Å². The van der Waals surface area contributed by atoms with Crippen LogP contribution in [0.3, 0.4) is 0 Å². The van der Waals surface area contributed by atoms with Crippen molar-refractivity contribution in [1.29, 1.82) is 0 Å². The highest BCUT2D eigenvalue weighted by molar-refractivity contribution is 5.77. The lowest BCUT2D eigenvalue weighted by molar-refractivity contribution is -0.907. The van der Waals surface area contributed by atoms with Gasteiger partial charge in [-0.25, -0.2) is 5.84 Å². The van der Waals surface area contributed by atoms with Crippen LogP contribution >= 0.6 is 0 Å². The van der Waals surface area contributed by atoms with E-state index in [1.807, 2.05) is 6.92 Å². The minimum absolute atomic E-state index is 0.0399. The number of hydrogen-bond acceptors (Lipinski definition) is 2. The van der Waals surface area contributed by atoms with E-state index in [0.29, 0.717) is 0 Å². The fourth-order valence-electron chi connectivity index (χ4n) is 1.92. The van der Waals surface area contributed by atoms with Crippen molar-refractivity contribution >= 4 is 5.91 Å². The van der Waals surface area contributed by atoms with Crippen molar-refractivity contribution in [3.8, 4) is 0 Å². The minimum Gasteiger partial charge on any atom is -0.334 e. The summed E-state index contributed by atoms with van der Waals surface area (Å²) >= 11 is 0. The molecule has 1 rings (SSSR count). The van der Waals surface area contributed by atoms with Crippen molar-refractivity contribution in [3.63, 3.8) is 0 Å². The largest absolute Gasteiger partial charge is 0.334 e. The van der Waals surface area contributed by atoms with Crippen LogP contribution in [0, 0.1) is 5.92 Å². The van der Waals surface area contributed by atoms with Crippen LogP contribution in [0.2, 0.25) is 0 Å². The van der Waals surface area contributed by atoms with E-state index in [1.165, 1.54) is 32.4 Å². The second-order valence-corrected chi connectivity index (χ2v) is 3.92. The van der Waals surface area contributed by atoms with Gasteiger partial charge in [-0.3, -0.25) is 10.2 Å². The minimum atomic E-state index is -0.0435. The van der Waals surface area contributed by atoms with E-state index in [1.54, 1.807) is 4.90 Å². The maximum Gasteiger partial charge on any atom is 0.242 e. The molecule has 13 heavy (non-hydrogen) atoms. The van der Waals surface area contributed by atoms with E-state index in [0.717, 1.165) is 6.54 Å². The summed E-state index contributed by atoms with van der Waals surface area (Å²) in [6, 6.07) is 0. The first-order valence-electron chi connectivity index (χ1n) is 5.08. The van der Waals surface area contributed by atoms with Crippen LogP contribution < -0.4 is 16.2 Å².